The Kier molecular flexibility index (Phi) is 2.03. The number of piperidine rings is 1. The molecule has 17 heavy (non-hydrogen) atoms. The van der Waals surface area contributed by atoms with Crippen molar-refractivity contribution >= 4 is 11.6 Å². The molecule has 0 aromatic heterocycles. The largest absolute Gasteiger partial charge is 0.416 e. The predicted octanol–water partition coefficient (Wildman–Crippen LogP) is 2.69. The summed E-state index contributed by atoms with van der Waals surface area (Å²) in [5.74, 6) is 0.594. The van der Waals surface area contributed by atoms with Crippen molar-refractivity contribution in [1.29, 1.82) is 0 Å². The summed E-state index contributed by atoms with van der Waals surface area (Å²) in [5.41, 5.74) is -0.117. The summed E-state index contributed by atoms with van der Waals surface area (Å²) in [6.45, 7) is 0.648. The lowest BCUT2D eigenvalue weighted by Gasteiger charge is -2.18. The highest BCUT2D eigenvalue weighted by atomic mass is 19.4. The van der Waals surface area contributed by atoms with Crippen LogP contribution in [0.2, 0.25) is 0 Å². The SMILES string of the molecule is O=C1C2CC2CN1c1ccc(C(F)(F)F)cc1. The third-order valence-electron chi connectivity index (χ3n) is 3.43. The van der Waals surface area contributed by atoms with Crippen molar-refractivity contribution in [1.82, 2.24) is 0 Å². The van der Waals surface area contributed by atoms with E-state index in [2.05, 4.69) is 0 Å². The van der Waals surface area contributed by atoms with Gasteiger partial charge >= 0.3 is 6.18 Å². The Balaban J connectivity index is 1.83. The van der Waals surface area contributed by atoms with E-state index in [0.717, 1.165) is 18.6 Å². The van der Waals surface area contributed by atoms with Gasteiger partial charge in [0.25, 0.3) is 0 Å². The third kappa shape index (κ3) is 1.69. The van der Waals surface area contributed by atoms with Gasteiger partial charge in [0.1, 0.15) is 0 Å². The lowest BCUT2D eigenvalue weighted by atomic mass is 10.2. The van der Waals surface area contributed by atoms with Gasteiger partial charge in [-0.25, -0.2) is 0 Å². The second kappa shape index (κ2) is 3.24. The summed E-state index contributed by atoms with van der Waals surface area (Å²) in [6.07, 6.45) is -3.38. The van der Waals surface area contributed by atoms with Crippen LogP contribution in [0.25, 0.3) is 0 Å². The molecule has 1 aliphatic heterocycles. The molecule has 1 saturated heterocycles. The number of halogens is 3. The average Bonchev–Trinajstić information content (AvgIpc) is 2.97. The van der Waals surface area contributed by atoms with Gasteiger partial charge in [0.05, 0.1) is 5.56 Å². The number of amides is 1. The van der Waals surface area contributed by atoms with Crippen molar-refractivity contribution < 1.29 is 18.0 Å². The number of rotatable bonds is 1. The fourth-order valence-corrected chi connectivity index (χ4v) is 2.34. The summed E-state index contributed by atoms with van der Waals surface area (Å²) in [5, 5.41) is 0. The topological polar surface area (TPSA) is 20.3 Å². The normalized spacial score (nSPS) is 27.2. The van der Waals surface area contributed by atoms with Crippen LogP contribution in [0.1, 0.15) is 12.0 Å². The Labute approximate surface area is 96.0 Å². The molecule has 5 heteroatoms. The van der Waals surface area contributed by atoms with E-state index in [-0.39, 0.29) is 11.8 Å². The number of nitrogens with zero attached hydrogens (tertiary/aromatic N) is 1. The number of alkyl halides is 3. The minimum atomic E-state index is -4.32. The van der Waals surface area contributed by atoms with E-state index in [1.165, 1.54) is 12.1 Å². The van der Waals surface area contributed by atoms with E-state index in [1.807, 2.05) is 0 Å². The standard InChI is InChI=1S/C12H10F3NO/c13-12(14,15)8-1-3-9(4-2-8)16-6-7-5-10(7)11(16)17/h1-4,7,10H,5-6H2. The van der Waals surface area contributed by atoms with E-state index in [9.17, 15) is 18.0 Å². The van der Waals surface area contributed by atoms with Crippen LogP contribution >= 0.6 is 0 Å². The maximum atomic E-state index is 12.4. The molecule has 3 rings (SSSR count). The Bertz CT molecular complexity index is 466. The molecule has 90 valence electrons. The van der Waals surface area contributed by atoms with Crippen molar-refractivity contribution in [3.05, 3.63) is 29.8 Å². The van der Waals surface area contributed by atoms with Crippen LogP contribution in [0.15, 0.2) is 24.3 Å². The summed E-state index contributed by atoms with van der Waals surface area (Å²) in [7, 11) is 0. The van der Waals surface area contributed by atoms with E-state index in [4.69, 9.17) is 0 Å². The molecule has 2 aliphatic rings. The monoisotopic (exact) mass is 241 g/mol. The van der Waals surface area contributed by atoms with Crippen LogP contribution in [-0.2, 0) is 11.0 Å². The van der Waals surface area contributed by atoms with Gasteiger partial charge in [-0.2, -0.15) is 13.2 Å². The number of anilines is 1. The predicted molar refractivity (Wildman–Crippen MR) is 55.4 cm³/mol. The molecule has 0 radical (unpaired) electrons. The lowest BCUT2D eigenvalue weighted by molar-refractivity contribution is -0.137. The molecule has 1 aliphatic carbocycles. The van der Waals surface area contributed by atoms with Crippen molar-refractivity contribution in [2.45, 2.75) is 12.6 Å². The Hall–Kier alpha value is -1.52. The molecule has 1 aromatic rings. The fourth-order valence-electron chi connectivity index (χ4n) is 2.34. The van der Waals surface area contributed by atoms with Crippen LogP contribution in [0.5, 0.6) is 0 Å². The van der Waals surface area contributed by atoms with Crippen LogP contribution in [-0.4, -0.2) is 12.5 Å². The number of benzene rings is 1. The average molecular weight is 241 g/mol. The number of carbonyl (C=O) groups is 1. The fraction of sp³-hybridized carbons (Fsp3) is 0.417. The van der Waals surface area contributed by atoms with Gasteiger partial charge in [-0.05, 0) is 36.6 Å². The summed E-state index contributed by atoms with van der Waals surface area (Å²) in [4.78, 5) is 13.3. The number of carbonyl (C=O) groups excluding carboxylic acids is 1. The molecule has 2 fully saturated rings. The van der Waals surface area contributed by atoms with E-state index in [0.29, 0.717) is 18.2 Å². The Morgan fingerprint density at radius 2 is 1.82 bits per heavy atom. The Morgan fingerprint density at radius 1 is 1.18 bits per heavy atom. The van der Waals surface area contributed by atoms with Crippen molar-refractivity contribution in [2.24, 2.45) is 11.8 Å². The number of fused-ring (bicyclic) bond motifs is 1. The molecule has 2 nitrogen and oxygen atoms in total. The van der Waals surface area contributed by atoms with Crippen molar-refractivity contribution in [2.75, 3.05) is 11.4 Å². The van der Waals surface area contributed by atoms with Crippen LogP contribution in [0.4, 0.5) is 18.9 Å². The first-order valence-electron chi connectivity index (χ1n) is 5.45. The molecule has 2 unspecified atom stereocenters. The maximum absolute atomic E-state index is 12.4. The molecule has 0 spiro atoms. The van der Waals surface area contributed by atoms with E-state index >= 15 is 0 Å². The summed E-state index contributed by atoms with van der Waals surface area (Å²) < 4.78 is 37.1. The van der Waals surface area contributed by atoms with Crippen LogP contribution in [0, 0.1) is 11.8 Å². The highest BCUT2D eigenvalue weighted by Crippen LogP contribution is 2.47. The molecule has 2 atom stereocenters. The molecule has 0 N–H and O–H groups in total. The number of hydrogen-bond acceptors (Lipinski definition) is 1. The van der Waals surface area contributed by atoms with E-state index < -0.39 is 11.7 Å². The minimum absolute atomic E-state index is 0.0507. The summed E-state index contributed by atoms with van der Waals surface area (Å²) in [6, 6.07) is 4.77. The molecule has 1 amide bonds. The highest BCUT2D eigenvalue weighted by Gasteiger charge is 2.52. The Morgan fingerprint density at radius 3 is 2.29 bits per heavy atom. The molecule has 1 aromatic carbocycles. The first-order chi connectivity index (χ1) is 7.97. The first kappa shape index (κ1) is 10.6. The van der Waals surface area contributed by atoms with Gasteiger partial charge < -0.3 is 4.90 Å². The molecular formula is C12H10F3NO. The molecule has 1 heterocycles. The molecular weight excluding hydrogens is 231 g/mol. The summed E-state index contributed by atoms with van der Waals surface area (Å²) >= 11 is 0. The smallest absolute Gasteiger partial charge is 0.312 e. The van der Waals surface area contributed by atoms with Crippen molar-refractivity contribution in [3.63, 3.8) is 0 Å². The van der Waals surface area contributed by atoms with Crippen LogP contribution < -0.4 is 4.90 Å². The van der Waals surface area contributed by atoms with Gasteiger partial charge in [-0.1, -0.05) is 0 Å². The van der Waals surface area contributed by atoms with Crippen molar-refractivity contribution in [3.8, 4) is 0 Å². The quantitative estimate of drug-likeness (QED) is 0.740. The zero-order chi connectivity index (χ0) is 12.2. The second-order valence-corrected chi connectivity index (χ2v) is 4.60. The van der Waals surface area contributed by atoms with E-state index in [1.54, 1.807) is 4.90 Å². The maximum Gasteiger partial charge on any atom is 0.416 e. The van der Waals surface area contributed by atoms with Gasteiger partial charge in [-0.15, -0.1) is 0 Å². The van der Waals surface area contributed by atoms with Gasteiger partial charge in [0.2, 0.25) is 5.91 Å². The highest BCUT2D eigenvalue weighted by molar-refractivity contribution is 5.99. The third-order valence-corrected chi connectivity index (χ3v) is 3.43. The second-order valence-electron chi connectivity index (χ2n) is 4.60. The minimum Gasteiger partial charge on any atom is -0.312 e. The van der Waals surface area contributed by atoms with Gasteiger partial charge in [-0.3, -0.25) is 4.79 Å². The first-order valence-corrected chi connectivity index (χ1v) is 5.45. The van der Waals surface area contributed by atoms with Gasteiger partial charge in [0, 0.05) is 18.2 Å². The molecule has 1 saturated carbocycles. The van der Waals surface area contributed by atoms with Crippen LogP contribution in [0.3, 0.4) is 0 Å². The number of hydrogen-bond donors (Lipinski definition) is 0. The lowest BCUT2D eigenvalue weighted by Crippen LogP contribution is -2.27. The van der Waals surface area contributed by atoms with Gasteiger partial charge in [0.15, 0.2) is 0 Å². The molecule has 0 bridgehead atoms. The zero-order valence-electron chi connectivity index (χ0n) is 8.87. The zero-order valence-corrected chi connectivity index (χ0v) is 8.87.